The van der Waals surface area contributed by atoms with Gasteiger partial charge in [0.25, 0.3) is 11.5 Å². The summed E-state index contributed by atoms with van der Waals surface area (Å²) in [6.45, 7) is 0. The number of nitrogens with one attached hydrogen (secondary N) is 2. The fraction of sp³-hybridized carbons (Fsp3) is 0.214. The summed E-state index contributed by atoms with van der Waals surface area (Å²) in [6, 6.07) is 4.86. The van der Waals surface area contributed by atoms with Crippen LogP contribution in [0.2, 0.25) is 0 Å². The highest BCUT2D eigenvalue weighted by atomic mass is 16.5. The van der Waals surface area contributed by atoms with E-state index in [9.17, 15) is 14.4 Å². The third-order valence-electron chi connectivity index (χ3n) is 3.08. The van der Waals surface area contributed by atoms with Gasteiger partial charge in [-0.2, -0.15) is 0 Å². The Bertz CT molecular complexity index is 822. The molecular weight excluding hydrogens is 290 g/mol. The lowest BCUT2D eigenvalue weighted by Crippen LogP contribution is -2.37. The number of carbonyl (C=O) groups excluding carboxylic acids is 1. The molecule has 0 saturated carbocycles. The predicted octanol–water partition coefficient (Wildman–Crippen LogP) is 0.343. The molecule has 1 aromatic heterocycles. The molecule has 2 N–H and O–H groups in total. The topological polar surface area (TPSA) is 102 Å². The second-order valence-electron chi connectivity index (χ2n) is 4.39. The molecule has 8 heteroatoms. The van der Waals surface area contributed by atoms with E-state index in [0.29, 0.717) is 17.2 Å². The smallest absolute Gasteiger partial charge is 0.328 e. The fourth-order valence-corrected chi connectivity index (χ4v) is 1.83. The quantitative estimate of drug-likeness (QED) is 0.848. The van der Waals surface area contributed by atoms with Gasteiger partial charge in [0.2, 0.25) is 0 Å². The van der Waals surface area contributed by atoms with Crippen molar-refractivity contribution in [3.8, 4) is 11.5 Å². The van der Waals surface area contributed by atoms with Crippen molar-refractivity contribution < 1.29 is 14.3 Å². The van der Waals surface area contributed by atoms with Gasteiger partial charge in [-0.3, -0.25) is 14.2 Å². The maximum Gasteiger partial charge on any atom is 0.328 e. The molecule has 2 aromatic rings. The number of anilines is 1. The molecule has 0 aliphatic rings. The molecule has 0 saturated heterocycles. The number of amides is 1. The summed E-state index contributed by atoms with van der Waals surface area (Å²) in [5, 5.41) is 2.56. The lowest BCUT2D eigenvalue weighted by Gasteiger charge is -2.11. The third kappa shape index (κ3) is 2.85. The zero-order valence-corrected chi connectivity index (χ0v) is 12.3. The molecule has 2 rings (SSSR count). The van der Waals surface area contributed by atoms with E-state index >= 15 is 0 Å². The van der Waals surface area contributed by atoms with Gasteiger partial charge in [0, 0.05) is 19.3 Å². The first-order chi connectivity index (χ1) is 10.5. The van der Waals surface area contributed by atoms with E-state index < -0.39 is 17.2 Å². The van der Waals surface area contributed by atoms with Crippen LogP contribution in [0.25, 0.3) is 0 Å². The first kappa shape index (κ1) is 15.4. The summed E-state index contributed by atoms with van der Waals surface area (Å²) in [4.78, 5) is 37.8. The number of rotatable bonds is 4. The Morgan fingerprint density at radius 2 is 1.95 bits per heavy atom. The standard InChI is InChI=1S/C14H15N3O5/c1-17-13(19)9(7-15-14(17)20)12(18)16-10-6-8(21-2)4-5-11(10)22-3/h4-7H,1-3H3,(H,15,20)(H,16,18). The minimum Gasteiger partial charge on any atom is -0.497 e. The van der Waals surface area contributed by atoms with Crippen LogP contribution in [0.5, 0.6) is 11.5 Å². The van der Waals surface area contributed by atoms with Crippen molar-refractivity contribution in [1.82, 2.24) is 9.55 Å². The minimum absolute atomic E-state index is 0.188. The van der Waals surface area contributed by atoms with Crippen molar-refractivity contribution in [3.63, 3.8) is 0 Å². The lowest BCUT2D eigenvalue weighted by atomic mass is 10.2. The highest BCUT2D eigenvalue weighted by Gasteiger charge is 2.15. The number of hydrogen-bond acceptors (Lipinski definition) is 5. The van der Waals surface area contributed by atoms with Crippen LogP contribution in [-0.4, -0.2) is 29.7 Å². The van der Waals surface area contributed by atoms with Gasteiger partial charge in [0.05, 0.1) is 19.9 Å². The molecule has 1 heterocycles. The molecule has 0 bridgehead atoms. The Morgan fingerprint density at radius 3 is 2.59 bits per heavy atom. The first-order valence-electron chi connectivity index (χ1n) is 6.30. The van der Waals surface area contributed by atoms with E-state index in [1.807, 2.05) is 0 Å². The van der Waals surface area contributed by atoms with Crippen LogP contribution in [0.15, 0.2) is 34.0 Å². The second-order valence-corrected chi connectivity index (χ2v) is 4.39. The molecule has 0 aliphatic carbocycles. The molecule has 0 spiro atoms. The van der Waals surface area contributed by atoms with Crippen molar-refractivity contribution in [1.29, 1.82) is 0 Å². The van der Waals surface area contributed by atoms with Gasteiger partial charge in [0.1, 0.15) is 17.1 Å². The molecule has 0 fully saturated rings. The number of hydrogen-bond donors (Lipinski definition) is 2. The monoisotopic (exact) mass is 305 g/mol. The van der Waals surface area contributed by atoms with Gasteiger partial charge in [-0.25, -0.2) is 4.79 Å². The van der Waals surface area contributed by atoms with Crippen LogP contribution in [0.4, 0.5) is 5.69 Å². The normalized spacial score (nSPS) is 10.1. The molecule has 0 radical (unpaired) electrons. The van der Waals surface area contributed by atoms with Gasteiger partial charge in [0.15, 0.2) is 0 Å². The maximum atomic E-state index is 12.2. The van der Waals surface area contributed by atoms with Crippen molar-refractivity contribution in [3.05, 3.63) is 50.8 Å². The van der Waals surface area contributed by atoms with Gasteiger partial charge in [-0.05, 0) is 12.1 Å². The van der Waals surface area contributed by atoms with Gasteiger partial charge < -0.3 is 19.8 Å². The number of aromatic amines is 1. The fourth-order valence-electron chi connectivity index (χ4n) is 1.83. The largest absolute Gasteiger partial charge is 0.497 e. The minimum atomic E-state index is -0.692. The summed E-state index contributed by atoms with van der Waals surface area (Å²) in [7, 11) is 4.23. The van der Waals surface area contributed by atoms with Gasteiger partial charge >= 0.3 is 5.69 Å². The Balaban J connectivity index is 2.39. The lowest BCUT2D eigenvalue weighted by molar-refractivity contribution is 0.102. The zero-order chi connectivity index (χ0) is 16.3. The van der Waals surface area contributed by atoms with E-state index in [1.54, 1.807) is 18.2 Å². The van der Waals surface area contributed by atoms with Crippen molar-refractivity contribution in [2.75, 3.05) is 19.5 Å². The second kappa shape index (κ2) is 6.17. The number of aromatic nitrogens is 2. The van der Waals surface area contributed by atoms with Crippen LogP contribution in [-0.2, 0) is 7.05 Å². The molecule has 116 valence electrons. The van der Waals surface area contributed by atoms with Crippen molar-refractivity contribution in [2.45, 2.75) is 0 Å². The van der Waals surface area contributed by atoms with Gasteiger partial charge in [-0.1, -0.05) is 0 Å². The average molecular weight is 305 g/mol. The number of ether oxygens (including phenoxy) is 2. The van der Waals surface area contributed by atoms with Crippen molar-refractivity contribution >= 4 is 11.6 Å². The zero-order valence-electron chi connectivity index (χ0n) is 12.3. The number of nitrogens with zero attached hydrogens (tertiary/aromatic N) is 1. The highest BCUT2D eigenvalue weighted by molar-refractivity contribution is 6.04. The number of methoxy groups -OCH3 is 2. The Kier molecular flexibility index (Phi) is 4.31. The number of benzene rings is 1. The van der Waals surface area contributed by atoms with Crippen LogP contribution >= 0.6 is 0 Å². The van der Waals surface area contributed by atoms with E-state index in [2.05, 4.69) is 10.3 Å². The molecule has 0 atom stereocenters. The summed E-state index contributed by atoms with van der Waals surface area (Å²) >= 11 is 0. The van der Waals surface area contributed by atoms with Crippen LogP contribution in [0.1, 0.15) is 10.4 Å². The molecule has 1 amide bonds. The number of H-pyrrole nitrogens is 1. The van der Waals surface area contributed by atoms with E-state index in [1.165, 1.54) is 21.3 Å². The van der Waals surface area contributed by atoms with E-state index in [-0.39, 0.29) is 5.56 Å². The average Bonchev–Trinajstić information content (AvgIpc) is 2.52. The summed E-state index contributed by atoms with van der Waals surface area (Å²) < 4.78 is 11.0. The molecule has 1 aromatic carbocycles. The SMILES string of the molecule is COc1ccc(OC)c(NC(=O)c2c[nH]c(=O)n(C)c2=O)c1. The van der Waals surface area contributed by atoms with Crippen molar-refractivity contribution in [2.24, 2.45) is 7.05 Å². The Labute approximate surface area is 125 Å². The Morgan fingerprint density at radius 1 is 1.23 bits per heavy atom. The molecular formula is C14H15N3O5. The van der Waals surface area contributed by atoms with E-state index in [0.717, 1.165) is 10.8 Å². The van der Waals surface area contributed by atoms with Gasteiger partial charge in [-0.15, -0.1) is 0 Å². The summed E-state index contributed by atoms with van der Waals surface area (Å²) in [5.74, 6) is 0.268. The maximum absolute atomic E-state index is 12.2. The van der Waals surface area contributed by atoms with Crippen LogP contribution in [0.3, 0.4) is 0 Å². The molecule has 0 aliphatic heterocycles. The van der Waals surface area contributed by atoms with Crippen LogP contribution in [0, 0.1) is 0 Å². The molecule has 22 heavy (non-hydrogen) atoms. The highest BCUT2D eigenvalue weighted by Crippen LogP contribution is 2.29. The van der Waals surface area contributed by atoms with E-state index in [4.69, 9.17) is 9.47 Å². The first-order valence-corrected chi connectivity index (χ1v) is 6.30. The summed E-state index contributed by atoms with van der Waals surface area (Å²) in [6.07, 6.45) is 1.08. The predicted molar refractivity (Wildman–Crippen MR) is 79.8 cm³/mol. The summed E-state index contributed by atoms with van der Waals surface area (Å²) in [5.41, 5.74) is -1.13. The molecule has 8 nitrogen and oxygen atoms in total. The third-order valence-corrected chi connectivity index (χ3v) is 3.08. The van der Waals surface area contributed by atoms with Crippen LogP contribution < -0.4 is 26.0 Å². The molecule has 0 unspecified atom stereocenters. The Hall–Kier alpha value is -3.03. The number of carbonyl (C=O) groups is 1.